The normalized spacial score (nSPS) is 11.3. The first-order chi connectivity index (χ1) is 8.44. The van der Waals surface area contributed by atoms with Gasteiger partial charge in [0.25, 0.3) is 5.91 Å². The third-order valence-electron chi connectivity index (χ3n) is 2.70. The SMILES string of the molecule is COCCC(C)(C)CNC(=O)c1ccc(Cl)nc1. The quantitative estimate of drug-likeness (QED) is 0.808. The van der Waals surface area contributed by atoms with Crippen molar-refractivity contribution in [3.05, 3.63) is 29.0 Å². The van der Waals surface area contributed by atoms with E-state index in [2.05, 4.69) is 24.1 Å². The van der Waals surface area contributed by atoms with Gasteiger partial charge in [-0.25, -0.2) is 4.98 Å². The van der Waals surface area contributed by atoms with Gasteiger partial charge in [-0.1, -0.05) is 25.4 Å². The van der Waals surface area contributed by atoms with Gasteiger partial charge in [-0.2, -0.15) is 0 Å². The Kier molecular flexibility index (Phi) is 5.56. The van der Waals surface area contributed by atoms with Gasteiger partial charge in [-0.15, -0.1) is 0 Å². The second-order valence-electron chi connectivity index (χ2n) is 4.96. The van der Waals surface area contributed by atoms with E-state index in [0.717, 1.165) is 6.42 Å². The van der Waals surface area contributed by atoms with Crippen molar-refractivity contribution in [3.8, 4) is 0 Å². The van der Waals surface area contributed by atoms with Gasteiger partial charge >= 0.3 is 0 Å². The van der Waals surface area contributed by atoms with Gasteiger partial charge in [0.05, 0.1) is 5.56 Å². The molecule has 1 aromatic rings. The van der Waals surface area contributed by atoms with E-state index in [1.54, 1.807) is 19.2 Å². The molecule has 1 amide bonds. The molecule has 1 rings (SSSR count). The van der Waals surface area contributed by atoms with Crippen molar-refractivity contribution in [1.29, 1.82) is 0 Å². The maximum absolute atomic E-state index is 11.9. The third kappa shape index (κ3) is 5.02. The summed E-state index contributed by atoms with van der Waals surface area (Å²) in [6, 6.07) is 3.26. The Morgan fingerprint density at radius 3 is 2.78 bits per heavy atom. The van der Waals surface area contributed by atoms with Crippen LogP contribution in [0.1, 0.15) is 30.6 Å². The summed E-state index contributed by atoms with van der Waals surface area (Å²) in [6.45, 7) is 5.46. The van der Waals surface area contributed by atoms with Crippen molar-refractivity contribution < 1.29 is 9.53 Å². The summed E-state index contributed by atoms with van der Waals surface area (Å²) in [5, 5.41) is 3.27. The Morgan fingerprint density at radius 2 is 2.22 bits per heavy atom. The number of ether oxygens (including phenoxy) is 1. The van der Waals surface area contributed by atoms with E-state index in [9.17, 15) is 4.79 Å². The highest BCUT2D eigenvalue weighted by molar-refractivity contribution is 6.29. The van der Waals surface area contributed by atoms with Crippen LogP contribution in [0.25, 0.3) is 0 Å². The molecule has 5 heteroatoms. The Labute approximate surface area is 113 Å². The van der Waals surface area contributed by atoms with Gasteiger partial charge in [0.1, 0.15) is 5.15 Å². The van der Waals surface area contributed by atoms with E-state index in [1.807, 2.05) is 0 Å². The van der Waals surface area contributed by atoms with Gasteiger partial charge in [-0.3, -0.25) is 4.79 Å². The lowest BCUT2D eigenvalue weighted by Crippen LogP contribution is -2.34. The predicted molar refractivity (Wildman–Crippen MR) is 71.9 cm³/mol. The first kappa shape index (κ1) is 14.9. The molecular weight excluding hydrogens is 252 g/mol. The molecule has 0 spiro atoms. The van der Waals surface area contributed by atoms with Crippen LogP contribution in [0.15, 0.2) is 18.3 Å². The number of nitrogens with zero attached hydrogens (tertiary/aromatic N) is 1. The van der Waals surface area contributed by atoms with Crippen LogP contribution in [0.3, 0.4) is 0 Å². The molecule has 0 fully saturated rings. The topological polar surface area (TPSA) is 51.2 Å². The lowest BCUT2D eigenvalue weighted by atomic mass is 9.89. The summed E-state index contributed by atoms with van der Waals surface area (Å²) in [5.41, 5.74) is 0.521. The number of hydrogen-bond donors (Lipinski definition) is 1. The number of carbonyl (C=O) groups is 1. The van der Waals surface area contributed by atoms with Crippen molar-refractivity contribution in [2.24, 2.45) is 5.41 Å². The van der Waals surface area contributed by atoms with Crippen LogP contribution in [-0.4, -0.2) is 31.2 Å². The molecule has 1 heterocycles. The summed E-state index contributed by atoms with van der Waals surface area (Å²) in [7, 11) is 1.67. The minimum atomic E-state index is -0.135. The van der Waals surface area contributed by atoms with Crippen LogP contribution in [-0.2, 0) is 4.74 Å². The number of aromatic nitrogens is 1. The fraction of sp³-hybridized carbons (Fsp3) is 0.538. The van der Waals surface area contributed by atoms with E-state index in [4.69, 9.17) is 16.3 Å². The number of carbonyl (C=O) groups excluding carboxylic acids is 1. The van der Waals surface area contributed by atoms with E-state index in [0.29, 0.717) is 23.9 Å². The van der Waals surface area contributed by atoms with Crippen molar-refractivity contribution in [2.75, 3.05) is 20.3 Å². The van der Waals surface area contributed by atoms with E-state index in [1.165, 1.54) is 6.20 Å². The smallest absolute Gasteiger partial charge is 0.252 e. The van der Waals surface area contributed by atoms with Gasteiger partial charge in [0.2, 0.25) is 0 Å². The minimum Gasteiger partial charge on any atom is -0.385 e. The lowest BCUT2D eigenvalue weighted by Gasteiger charge is -2.24. The van der Waals surface area contributed by atoms with Crippen LogP contribution < -0.4 is 5.32 Å². The fourth-order valence-corrected chi connectivity index (χ4v) is 1.51. The molecule has 0 unspecified atom stereocenters. The molecule has 18 heavy (non-hydrogen) atoms. The number of hydrogen-bond acceptors (Lipinski definition) is 3. The molecule has 0 saturated carbocycles. The molecule has 0 bridgehead atoms. The van der Waals surface area contributed by atoms with Crippen molar-refractivity contribution in [1.82, 2.24) is 10.3 Å². The largest absolute Gasteiger partial charge is 0.385 e. The maximum atomic E-state index is 11.9. The van der Waals surface area contributed by atoms with E-state index >= 15 is 0 Å². The highest BCUT2D eigenvalue weighted by Crippen LogP contribution is 2.18. The Morgan fingerprint density at radius 1 is 1.50 bits per heavy atom. The molecule has 0 aliphatic heterocycles. The number of amides is 1. The predicted octanol–water partition coefficient (Wildman–Crippen LogP) is 2.53. The van der Waals surface area contributed by atoms with Crippen LogP contribution in [0.2, 0.25) is 5.15 Å². The van der Waals surface area contributed by atoms with Crippen molar-refractivity contribution in [2.45, 2.75) is 20.3 Å². The van der Waals surface area contributed by atoms with Crippen LogP contribution in [0.4, 0.5) is 0 Å². The van der Waals surface area contributed by atoms with E-state index in [-0.39, 0.29) is 11.3 Å². The molecule has 1 N–H and O–H groups in total. The monoisotopic (exact) mass is 270 g/mol. The summed E-state index contributed by atoms with van der Waals surface area (Å²) < 4.78 is 5.04. The van der Waals surface area contributed by atoms with Crippen LogP contribution in [0.5, 0.6) is 0 Å². The Bertz CT molecular complexity index is 390. The van der Waals surface area contributed by atoms with Crippen LogP contribution >= 0.6 is 11.6 Å². The first-order valence-corrected chi connectivity index (χ1v) is 6.21. The molecular formula is C13H19ClN2O2. The second-order valence-corrected chi connectivity index (χ2v) is 5.35. The second kappa shape index (κ2) is 6.71. The summed E-state index contributed by atoms with van der Waals surface area (Å²) in [6.07, 6.45) is 2.36. The summed E-state index contributed by atoms with van der Waals surface area (Å²) in [4.78, 5) is 15.7. The highest BCUT2D eigenvalue weighted by Gasteiger charge is 2.19. The molecule has 0 aliphatic rings. The number of pyridine rings is 1. The van der Waals surface area contributed by atoms with Gasteiger partial charge < -0.3 is 10.1 Å². The molecule has 100 valence electrons. The molecule has 0 saturated heterocycles. The lowest BCUT2D eigenvalue weighted by molar-refractivity contribution is 0.0920. The molecule has 4 nitrogen and oxygen atoms in total. The molecule has 0 aliphatic carbocycles. The van der Waals surface area contributed by atoms with Gasteiger partial charge in [-0.05, 0) is 24.0 Å². The molecule has 0 atom stereocenters. The van der Waals surface area contributed by atoms with Gasteiger partial charge in [0.15, 0.2) is 0 Å². The Balaban J connectivity index is 2.48. The highest BCUT2D eigenvalue weighted by atomic mass is 35.5. The first-order valence-electron chi connectivity index (χ1n) is 5.83. The number of halogens is 1. The average molecular weight is 271 g/mol. The maximum Gasteiger partial charge on any atom is 0.252 e. The number of nitrogens with one attached hydrogen (secondary N) is 1. The zero-order valence-corrected chi connectivity index (χ0v) is 11.8. The zero-order valence-electron chi connectivity index (χ0n) is 11.0. The van der Waals surface area contributed by atoms with E-state index < -0.39 is 0 Å². The molecule has 0 aromatic carbocycles. The number of rotatable bonds is 6. The standard InChI is InChI=1S/C13H19ClN2O2/c1-13(2,6-7-18-3)9-16-12(17)10-4-5-11(14)15-8-10/h4-5,8H,6-7,9H2,1-3H3,(H,16,17). The fourth-order valence-electron chi connectivity index (χ4n) is 1.40. The molecule has 1 aromatic heterocycles. The average Bonchev–Trinajstić information content (AvgIpc) is 2.35. The summed E-state index contributed by atoms with van der Waals surface area (Å²) in [5.74, 6) is -0.135. The van der Waals surface area contributed by atoms with Gasteiger partial charge in [0, 0.05) is 26.5 Å². The van der Waals surface area contributed by atoms with Crippen molar-refractivity contribution in [3.63, 3.8) is 0 Å². The zero-order chi connectivity index (χ0) is 13.6. The molecule has 0 radical (unpaired) electrons. The summed E-state index contributed by atoms with van der Waals surface area (Å²) >= 11 is 5.67. The number of methoxy groups -OCH3 is 1. The van der Waals surface area contributed by atoms with Crippen molar-refractivity contribution >= 4 is 17.5 Å². The van der Waals surface area contributed by atoms with Crippen LogP contribution in [0, 0.1) is 5.41 Å². The third-order valence-corrected chi connectivity index (χ3v) is 2.92. The minimum absolute atomic E-state index is 0.00548. The Hall–Kier alpha value is -1.13.